The zero-order valence-electron chi connectivity index (χ0n) is 14.2. The minimum atomic E-state index is -0.430. The van der Waals surface area contributed by atoms with Crippen LogP contribution in [0.3, 0.4) is 0 Å². The number of halogens is 1. The van der Waals surface area contributed by atoms with Gasteiger partial charge in [-0.15, -0.1) is 0 Å². The number of piperazine rings is 1. The van der Waals surface area contributed by atoms with E-state index in [1.807, 2.05) is 6.07 Å². The number of hydrogen-bond donors (Lipinski definition) is 1. The van der Waals surface area contributed by atoms with Crippen LogP contribution in [0.25, 0.3) is 0 Å². The number of anilines is 1. The minimum Gasteiger partial charge on any atom is -0.369 e. The van der Waals surface area contributed by atoms with E-state index in [0.717, 1.165) is 57.8 Å². The third kappa shape index (κ3) is 4.66. The summed E-state index contributed by atoms with van der Waals surface area (Å²) in [6.07, 6.45) is 7.26. The molecule has 0 radical (unpaired) electrons. The number of amides is 1. The van der Waals surface area contributed by atoms with Gasteiger partial charge in [-0.05, 0) is 18.9 Å². The molecule has 1 aromatic rings. The molecule has 2 aliphatic rings. The third-order valence-corrected chi connectivity index (χ3v) is 5.15. The van der Waals surface area contributed by atoms with E-state index in [1.54, 1.807) is 0 Å². The lowest BCUT2D eigenvalue weighted by molar-refractivity contribution is -0.125. The molecule has 1 N–H and O–H groups in total. The van der Waals surface area contributed by atoms with Gasteiger partial charge in [0.15, 0.2) is 0 Å². The Balaban J connectivity index is 1.36. The molecule has 0 atom stereocenters. The summed E-state index contributed by atoms with van der Waals surface area (Å²) in [4.78, 5) is 20.3. The Kier molecular flexibility index (Phi) is 6.01. The summed E-state index contributed by atoms with van der Waals surface area (Å²) >= 11 is 0. The Morgan fingerprint density at radius 3 is 2.67 bits per heavy atom. The summed E-state index contributed by atoms with van der Waals surface area (Å²) in [7, 11) is 0. The Morgan fingerprint density at radius 1 is 1.21 bits per heavy atom. The maximum Gasteiger partial charge on any atom is 0.223 e. The summed E-state index contributed by atoms with van der Waals surface area (Å²) < 4.78 is 13.2. The summed E-state index contributed by atoms with van der Waals surface area (Å²) in [5, 5.41) is 3.10. The van der Waals surface area contributed by atoms with Crippen LogP contribution in [-0.4, -0.2) is 55.1 Å². The molecular formula is C18H27FN4O. The Morgan fingerprint density at radius 2 is 1.96 bits per heavy atom. The zero-order valence-corrected chi connectivity index (χ0v) is 14.2. The molecule has 0 unspecified atom stereocenters. The summed E-state index contributed by atoms with van der Waals surface area (Å²) in [5.74, 6) is 0.0399. The predicted octanol–water partition coefficient (Wildman–Crippen LogP) is 2.04. The van der Waals surface area contributed by atoms with Crippen LogP contribution in [0.15, 0.2) is 18.3 Å². The molecule has 1 aromatic heterocycles. The average Bonchev–Trinajstić information content (AvgIpc) is 2.63. The van der Waals surface area contributed by atoms with E-state index in [4.69, 9.17) is 0 Å². The van der Waals surface area contributed by atoms with E-state index in [2.05, 4.69) is 20.1 Å². The average molecular weight is 334 g/mol. The van der Waals surface area contributed by atoms with Crippen molar-refractivity contribution in [3.63, 3.8) is 0 Å². The molecule has 3 rings (SSSR count). The van der Waals surface area contributed by atoms with Crippen LogP contribution >= 0.6 is 0 Å². The monoisotopic (exact) mass is 334 g/mol. The van der Waals surface area contributed by atoms with Gasteiger partial charge < -0.3 is 10.2 Å². The van der Waals surface area contributed by atoms with Gasteiger partial charge in [-0.25, -0.2) is 4.98 Å². The smallest absolute Gasteiger partial charge is 0.223 e. The van der Waals surface area contributed by atoms with Crippen molar-refractivity contribution in [2.45, 2.75) is 32.1 Å². The molecule has 132 valence electrons. The third-order valence-electron chi connectivity index (χ3n) is 5.15. The van der Waals surface area contributed by atoms with Gasteiger partial charge in [0, 0.05) is 63.1 Å². The maximum absolute atomic E-state index is 13.2. The van der Waals surface area contributed by atoms with E-state index < -0.39 is 5.95 Å². The molecule has 6 heteroatoms. The molecule has 0 spiro atoms. The first kappa shape index (κ1) is 17.1. The topological polar surface area (TPSA) is 48.5 Å². The molecule has 2 fully saturated rings. The SMILES string of the molecule is O=C(NCCN1CCN(c2ccnc(F)c2)CC1)C1CCCCC1. The van der Waals surface area contributed by atoms with Crippen LogP contribution < -0.4 is 10.2 Å². The molecular weight excluding hydrogens is 307 g/mol. The molecule has 1 aliphatic heterocycles. The van der Waals surface area contributed by atoms with Gasteiger partial charge in [-0.1, -0.05) is 19.3 Å². The molecule has 24 heavy (non-hydrogen) atoms. The number of aromatic nitrogens is 1. The fourth-order valence-electron chi connectivity index (χ4n) is 3.66. The summed E-state index contributed by atoms with van der Waals surface area (Å²) in [5.41, 5.74) is 0.896. The van der Waals surface area contributed by atoms with Gasteiger partial charge in [-0.2, -0.15) is 4.39 Å². The van der Waals surface area contributed by atoms with Crippen LogP contribution in [0.2, 0.25) is 0 Å². The van der Waals surface area contributed by atoms with E-state index in [-0.39, 0.29) is 11.8 Å². The number of hydrogen-bond acceptors (Lipinski definition) is 4. The Bertz CT molecular complexity index is 540. The van der Waals surface area contributed by atoms with Gasteiger partial charge in [0.25, 0.3) is 0 Å². The van der Waals surface area contributed by atoms with Gasteiger partial charge in [0.2, 0.25) is 11.9 Å². The van der Waals surface area contributed by atoms with Crippen molar-refractivity contribution in [1.82, 2.24) is 15.2 Å². The van der Waals surface area contributed by atoms with Crippen molar-refractivity contribution in [2.75, 3.05) is 44.2 Å². The highest BCUT2D eigenvalue weighted by atomic mass is 19.1. The van der Waals surface area contributed by atoms with E-state index in [1.165, 1.54) is 31.5 Å². The van der Waals surface area contributed by atoms with Gasteiger partial charge in [0.05, 0.1) is 0 Å². The van der Waals surface area contributed by atoms with Crippen LogP contribution in [0.1, 0.15) is 32.1 Å². The van der Waals surface area contributed by atoms with Crippen molar-refractivity contribution in [1.29, 1.82) is 0 Å². The number of pyridine rings is 1. The van der Waals surface area contributed by atoms with Gasteiger partial charge >= 0.3 is 0 Å². The number of nitrogens with one attached hydrogen (secondary N) is 1. The molecule has 0 aromatic carbocycles. The first-order chi connectivity index (χ1) is 11.7. The van der Waals surface area contributed by atoms with Crippen LogP contribution in [0.5, 0.6) is 0 Å². The van der Waals surface area contributed by atoms with Crippen LogP contribution in [-0.2, 0) is 4.79 Å². The molecule has 5 nitrogen and oxygen atoms in total. The number of nitrogens with zero attached hydrogens (tertiary/aromatic N) is 3. The normalized spacial score (nSPS) is 20.1. The molecule has 2 heterocycles. The lowest BCUT2D eigenvalue weighted by Gasteiger charge is -2.36. The van der Waals surface area contributed by atoms with E-state index in [9.17, 15) is 9.18 Å². The quantitative estimate of drug-likeness (QED) is 0.837. The van der Waals surface area contributed by atoms with Crippen LogP contribution in [0.4, 0.5) is 10.1 Å². The predicted molar refractivity (Wildman–Crippen MR) is 92.4 cm³/mol. The summed E-state index contributed by atoms with van der Waals surface area (Å²) in [6, 6.07) is 3.34. The van der Waals surface area contributed by atoms with E-state index >= 15 is 0 Å². The van der Waals surface area contributed by atoms with Crippen molar-refractivity contribution in [3.05, 3.63) is 24.3 Å². The lowest BCUT2D eigenvalue weighted by Crippen LogP contribution is -2.48. The van der Waals surface area contributed by atoms with Crippen molar-refractivity contribution < 1.29 is 9.18 Å². The van der Waals surface area contributed by atoms with Crippen molar-refractivity contribution >= 4 is 11.6 Å². The van der Waals surface area contributed by atoms with Gasteiger partial charge in [-0.3, -0.25) is 9.69 Å². The Labute approximate surface area is 143 Å². The fraction of sp³-hybridized carbons (Fsp3) is 0.667. The molecule has 1 amide bonds. The number of carbonyl (C=O) groups is 1. The zero-order chi connectivity index (χ0) is 16.8. The highest BCUT2D eigenvalue weighted by Crippen LogP contribution is 2.23. The second-order valence-corrected chi connectivity index (χ2v) is 6.79. The van der Waals surface area contributed by atoms with Gasteiger partial charge in [0.1, 0.15) is 0 Å². The highest BCUT2D eigenvalue weighted by Gasteiger charge is 2.21. The lowest BCUT2D eigenvalue weighted by atomic mass is 9.89. The number of carbonyl (C=O) groups excluding carboxylic acids is 1. The van der Waals surface area contributed by atoms with E-state index in [0.29, 0.717) is 0 Å². The highest BCUT2D eigenvalue weighted by molar-refractivity contribution is 5.78. The first-order valence-corrected chi connectivity index (χ1v) is 9.09. The largest absolute Gasteiger partial charge is 0.369 e. The molecule has 0 bridgehead atoms. The Hall–Kier alpha value is -1.69. The second-order valence-electron chi connectivity index (χ2n) is 6.79. The molecule has 1 saturated heterocycles. The van der Waals surface area contributed by atoms with Crippen LogP contribution in [0, 0.1) is 11.9 Å². The van der Waals surface area contributed by atoms with Crippen molar-refractivity contribution in [2.24, 2.45) is 5.92 Å². The number of rotatable bonds is 5. The minimum absolute atomic E-state index is 0.234. The summed E-state index contributed by atoms with van der Waals surface area (Å²) in [6.45, 7) is 5.22. The molecule has 1 saturated carbocycles. The fourth-order valence-corrected chi connectivity index (χ4v) is 3.66. The first-order valence-electron chi connectivity index (χ1n) is 9.09. The molecule has 1 aliphatic carbocycles. The standard InChI is InChI=1S/C18H27FN4O/c19-17-14-16(6-7-20-17)23-12-10-22(11-13-23)9-8-21-18(24)15-4-2-1-3-5-15/h6-7,14-15H,1-5,8-13H2,(H,21,24). The van der Waals surface area contributed by atoms with Crippen molar-refractivity contribution in [3.8, 4) is 0 Å². The maximum atomic E-state index is 13.2. The second kappa shape index (κ2) is 8.42.